The predicted octanol–water partition coefficient (Wildman–Crippen LogP) is 1.90. The van der Waals surface area contributed by atoms with E-state index < -0.39 is 5.91 Å². The molecule has 3 N–H and O–H groups in total. The van der Waals surface area contributed by atoms with Crippen LogP contribution in [0.5, 0.6) is 11.5 Å². The van der Waals surface area contributed by atoms with E-state index in [9.17, 15) is 9.90 Å². The van der Waals surface area contributed by atoms with Crippen LogP contribution in [0.15, 0.2) is 35.2 Å². The van der Waals surface area contributed by atoms with E-state index in [2.05, 4.69) is 31.2 Å². The fraction of sp³-hybridized carbons (Fsp3) is 0. The molecule has 1 heterocycles. The number of phenolic OH excluding ortho intramolecular Hbond substituents is 2. The molecule has 0 bridgehead atoms. The van der Waals surface area contributed by atoms with Gasteiger partial charge in [-0.15, -0.1) is 0 Å². The number of rotatable bonds is 2. The smallest absolute Gasteiger partial charge is 0.256 e. The van der Waals surface area contributed by atoms with Crippen LogP contribution in [0.4, 0.5) is 5.82 Å². The van der Waals surface area contributed by atoms with E-state index >= 15 is 0 Å². The molecule has 0 unspecified atom stereocenters. The Morgan fingerprint density at radius 3 is 2.56 bits per heavy atom. The molecule has 92 valence electrons. The predicted molar refractivity (Wildman–Crippen MR) is 67.5 cm³/mol. The number of hydrogen-bond acceptors (Lipinski definition) is 5. The number of nitrogens with one attached hydrogen (secondary N) is 1. The zero-order chi connectivity index (χ0) is 13.1. The van der Waals surface area contributed by atoms with Gasteiger partial charge < -0.3 is 15.5 Å². The van der Waals surface area contributed by atoms with Gasteiger partial charge in [-0.2, -0.15) is 0 Å². The molecule has 1 aromatic heterocycles. The van der Waals surface area contributed by atoms with Crippen LogP contribution in [-0.4, -0.2) is 26.1 Å². The van der Waals surface area contributed by atoms with Gasteiger partial charge in [0, 0.05) is 5.56 Å². The third-order valence-corrected chi connectivity index (χ3v) is 2.51. The summed E-state index contributed by atoms with van der Waals surface area (Å²) in [6, 6.07) is 3.78. The van der Waals surface area contributed by atoms with Crippen molar-refractivity contribution in [3.63, 3.8) is 0 Å². The third-order valence-electron chi connectivity index (χ3n) is 2.10. The number of aromatic nitrogens is 2. The summed E-state index contributed by atoms with van der Waals surface area (Å²) in [6.45, 7) is 0. The highest BCUT2D eigenvalue weighted by Gasteiger charge is 2.09. The maximum absolute atomic E-state index is 11.8. The number of carbonyl (C=O) groups excluding carboxylic acids is 1. The van der Waals surface area contributed by atoms with Crippen LogP contribution in [0.1, 0.15) is 10.4 Å². The van der Waals surface area contributed by atoms with Gasteiger partial charge in [0.25, 0.3) is 5.91 Å². The van der Waals surface area contributed by atoms with Crippen molar-refractivity contribution in [3.8, 4) is 11.5 Å². The van der Waals surface area contributed by atoms with Crippen molar-refractivity contribution in [1.82, 2.24) is 9.97 Å². The molecule has 0 aliphatic carbocycles. The van der Waals surface area contributed by atoms with Gasteiger partial charge in [0.1, 0.15) is 4.60 Å². The fourth-order valence-electron chi connectivity index (χ4n) is 1.23. The summed E-state index contributed by atoms with van der Waals surface area (Å²) in [6.07, 6.45) is 2.84. The maximum Gasteiger partial charge on any atom is 0.256 e. The minimum Gasteiger partial charge on any atom is -0.504 e. The number of carbonyl (C=O) groups is 1. The molecule has 0 atom stereocenters. The van der Waals surface area contributed by atoms with Gasteiger partial charge in [0.15, 0.2) is 17.3 Å². The van der Waals surface area contributed by atoms with Gasteiger partial charge in [0.05, 0.1) is 12.4 Å². The van der Waals surface area contributed by atoms with Crippen molar-refractivity contribution in [3.05, 3.63) is 40.8 Å². The summed E-state index contributed by atoms with van der Waals surface area (Å²) >= 11 is 3.13. The van der Waals surface area contributed by atoms with Gasteiger partial charge in [-0.1, -0.05) is 0 Å². The van der Waals surface area contributed by atoms with Crippen molar-refractivity contribution < 1.29 is 15.0 Å². The molecule has 0 fully saturated rings. The number of phenols is 2. The fourth-order valence-corrected chi connectivity index (χ4v) is 1.43. The topological polar surface area (TPSA) is 95.3 Å². The van der Waals surface area contributed by atoms with Gasteiger partial charge in [-0.3, -0.25) is 4.79 Å². The summed E-state index contributed by atoms with van der Waals surface area (Å²) in [7, 11) is 0. The molecule has 0 saturated carbocycles. The summed E-state index contributed by atoms with van der Waals surface area (Å²) in [5.74, 6) is -0.808. The van der Waals surface area contributed by atoms with Crippen LogP contribution in [0.3, 0.4) is 0 Å². The van der Waals surface area contributed by atoms with Crippen molar-refractivity contribution in [1.29, 1.82) is 0 Å². The molecular formula is C11H8BrN3O3. The second-order valence-corrected chi connectivity index (χ2v) is 4.19. The number of amides is 1. The Bertz CT molecular complexity index is 587. The van der Waals surface area contributed by atoms with E-state index in [4.69, 9.17) is 5.11 Å². The lowest BCUT2D eigenvalue weighted by Crippen LogP contribution is -2.12. The molecule has 18 heavy (non-hydrogen) atoms. The summed E-state index contributed by atoms with van der Waals surface area (Å²) in [5, 5.41) is 20.9. The monoisotopic (exact) mass is 309 g/mol. The van der Waals surface area contributed by atoms with Crippen molar-refractivity contribution in [2.24, 2.45) is 0 Å². The molecule has 1 aromatic carbocycles. The SMILES string of the molecule is O=C(Nc1cnc(Br)cn1)c1ccc(O)c(O)c1. The zero-order valence-electron chi connectivity index (χ0n) is 8.96. The Labute approximate surface area is 110 Å². The first kappa shape index (κ1) is 12.3. The maximum atomic E-state index is 11.8. The van der Waals surface area contributed by atoms with E-state index in [1.54, 1.807) is 0 Å². The third kappa shape index (κ3) is 2.75. The highest BCUT2D eigenvalue weighted by molar-refractivity contribution is 9.10. The highest BCUT2D eigenvalue weighted by Crippen LogP contribution is 2.25. The van der Waals surface area contributed by atoms with E-state index in [0.29, 0.717) is 4.60 Å². The lowest BCUT2D eigenvalue weighted by Gasteiger charge is -2.05. The number of anilines is 1. The van der Waals surface area contributed by atoms with E-state index in [-0.39, 0.29) is 22.9 Å². The van der Waals surface area contributed by atoms with E-state index in [0.717, 1.165) is 6.07 Å². The zero-order valence-corrected chi connectivity index (χ0v) is 10.5. The van der Waals surface area contributed by atoms with Crippen molar-refractivity contribution >= 4 is 27.7 Å². The van der Waals surface area contributed by atoms with Crippen molar-refractivity contribution in [2.45, 2.75) is 0 Å². The Morgan fingerprint density at radius 1 is 1.17 bits per heavy atom. The second kappa shape index (κ2) is 5.01. The Hall–Kier alpha value is -2.15. The van der Waals surface area contributed by atoms with Gasteiger partial charge in [-0.05, 0) is 34.1 Å². The molecule has 0 aliphatic rings. The number of nitrogens with zero attached hydrogens (tertiary/aromatic N) is 2. The normalized spacial score (nSPS) is 10.1. The van der Waals surface area contributed by atoms with Crippen LogP contribution >= 0.6 is 15.9 Å². The van der Waals surface area contributed by atoms with Gasteiger partial charge in [-0.25, -0.2) is 9.97 Å². The van der Waals surface area contributed by atoms with Crippen LogP contribution in [0.2, 0.25) is 0 Å². The van der Waals surface area contributed by atoms with E-state index in [1.165, 1.54) is 24.5 Å². The minimum atomic E-state index is -0.457. The molecular weight excluding hydrogens is 302 g/mol. The lowest BCUT2D eigenvalue weighted by molar-refractivity contribution is 0.102. The molecule has 0 aliphatic heterocycles. The largest absolute Gasteiger partial charge is 0.504 e. The lowest BCUT2D eigenvalue weighted by atomic mass is 10.2. The second-order valence-electron chi connectivity index (χ2n) is 3.38. The summed E-state index contributed by atoms with van der Waals surface area (Å²) in [5.41, 5.74) is 0.204. The molecule has 0 saturated heterocycles. The summed E-state index contributed by atoms with van der Waals surface area (Å²) < 4.78 is 0.558. The first-order valence-electron chi connectivity index (χ1n) is 4.87. The Balaban J connectivity index is 2.16. The molecule has 0 spiro atoms. The van der Waals surface area contributed by atoms with Crippen LogP contribution in [0, 0.1) is 0 Å². The molecule has 0 radical (unpaired) electrons. The minimum absolute atomic E-state index is 0.204. The van der Waals surface area contributed by atoms with Crippen molar-refractivity contribution in [2.75, 3.05) is 5.32 Å². The molecule has 6 nitrogen and oxygen atoms in total. The molecule has 1 amide bonds. The number of hydrogen-bond donors (Lipinski definition) is 3. The first-order chi connectivity index (χ1) is 8.56. The van der Waals surface area contributed by atoms with Gasteiger partial charge in [0.2, 0.25) is 0 Å². The standard InChI is InChI=1S/C11H8BrN3O3/c12-9-4-14-10(5-13-9)15-11(18)6-1-2-7(16)8(17)3-6/h1-5,16-17H,(H,14,15,18). The number of benzene rings is 1. The van der Waals surface area contributed by atoms with Gasteiger partial charge >= 0.3 is 0 Å². The average molecular weight is 310 g/mol. The first-order valence-corrected chi connectivity index (χ1v) is 5.66. The number of aromatic hydroxyl groups is 2. The van der Waals surface area contributed by atoms with Crippen LogP contribution < -0.4 is 5.32 Å². The molecule has 2 rings (SSSR count). The Kier molecular flexibility index (Phi) is 3.42. The molecule has 7 heteroatoms. The summed E-state index contributed by atoms with van der Waals surface area (Å²) in [4.78, 5) is 19.6. The van der Waals surface area contributed by atoms with Crippen LogP contribution in [-0.2, 0) is 0 Å². The average Bonchev–Trinajstić information content (AvgIpc) is 2.35. The molecule has 2 aromatic rings. The van der Waals surface area contributed by atoms with E-state index in [1.807, 2.05) is 0 Å². The van der Waals surface area contributed by atoms with Crippen LogP contribution in [0.25, 0.3) is 0 Å². The Morgan fingerprint density at radius 2 is 1.94 bits per heavy atom. The highest BCUT2D eigenvalue weighted by atomic mass is 79.9. The quantitative estimate of drug-likeness (QED) is 0.736. The number of halogens is 1.